The van der Waals surface area contributed by atoms with Crippen molar-refractivity contribution in [1.82, 2.24) is 0 Å². The van der Waals surface area contributed by atoms with Crippen LogP contribution in [0.4, 0.5) is 0 Å². The Morgan fingerprint density at radius 2 is 1.10 bits per heavy atom. The van der Waals surface area contributed by atoms with E-state index in [0.717, 1.165) is 38.5 Å². The Labute approximate surface area is 190 Å². The van der Waals surface area contributed by atoms with Crippen molar-refractivity contribution in [1.29, 1.82) is 0 Å². The van der Waals surface area contributed by atoms with E-state index in [1.165, 1.54) is 19.3 Å². The molecule has 31 heavy (non-hydrogen) atoms. The average Bonchev–Trinajstić information content (AvgIpc) is 2.74. The minimum absolute atomic E-state index is 0.0186. The van der Waals surface area contributed by atoms with Gasteiger partial charge in [-0.05, 0) is 32.1 Å². The third-order valence-electron chi connectivity index (χ3n) is 4.21. The summed E-state index contributed by atoms with van der Waals surface area (Å²) in [5.41, 5.74) is 0. The van der Waals surface area contributed by atoms with E-state index in [1.807, 2.05) is 19.9 Å². The smallest absolute Gasteiger partial charge is 0.306 e. The van der Waals surface area contributed by atoms with E-state index in [0.29, 0.717) is 45.5 Å². The van der Waals surface area contributed by atoms with Crippen LogP contribution in [0.5, 0.6) is 0 Å². The standard InChI is InChI=1S/C13H22O4.C12H24O2/c1-3-8-12(14)16-10-6-5-7-11-17-13(15)9-4-2;1-3-5-7-9-11-14-12(13)10-8-6-4-2/h5-6H,3-4,7-11H2,1-2H3;3-11H2,1-2H3/b6-5+;. The summed E-state index contributed by atoms with van der Waals surface area (Å²) in [6.07, 6.45) is 15.3. The first-order valence-electron chi connectivity index (χ1n) is 12.1. The third-order valence-corrected chi connectivity index (χ3v) is 4.21. The lowest BCUT2D eigenvalue weighted by atomic mass is 10.2. The summed E-state index contributed by atoms with van der Waals surface area (Å²) in [5.74, 6) is -0.350. The first kappa shape index (κ1) is 31.3. The van der Waals surface area contributed by atoms with Crippen molar-refractivity contribution < 1.29 is 28.6 Å². The Kier molecular flexibility index (Phi) is 26.5. The fourth-order valence-electron chi connectivity index (χ4n) is 2.43. The van der Waals surface area contributed by atoms with Crippen LogP contribution < -0.4 is 0 Å². The van der Waals surface area contributed by atoms with Crippen LogP contribution in [0.2, 0.25) is 0 Å². The van der Waals surface area contributed by atoms with Crippen molar-refractivity contribution in [3.63, 3.8) is 0 Å². The largest absolute Gasteiger partial charge is 0.466 e. The molecule has 0 N–H and O–H groups in total. The van der Waals surface area contributed by atoms with E-state index >= 15 is 0 Å². The van der Waals surface area contributed by atoms with Gasteiger partial charge in [0.05, 0.1) is 13.2 Å². The summed E-state index contributed by atoms with van der Waals surface area (Å²) in [4.78, 5) is 33.1. The number of esters is 3. The van der Waals surface area contributed by atoms with Crippen molar-refractivity contribution >= 4 is 17.9 Å². The summed E-state index contributed by atoms with van der Waals surface area (Å²) in [5, 5.41) is 0. The van der Waals surface area contributed by atoms with Crippen LogP contribution >= 0.6 is 0 Å². The van der Waals surface area contributed by atoms with Crippen molar-refractivity contribution in [2.24, 2.45) is 0 Å². The van der Waals surface area contributed by atoms with Crippen LogP contribution in [0.1, 0.15) is 111 Å². The molecule has 0 saturated carbocycles. The SMILES string of the molecule is CCCC(=O)OC/C=C/CCOC(=O)CCC.CCCCCCOC(=O)CCCCC. The Hall–Kier alpha value is -1.85. The minimum atomic E-state index is -0.175. The molecule has 0 aromatic rings. The van der Waals surface area contributed by atoms with Gasteiger partial charge in [0.1, 0.15) is 6.61 Å². The van der Waals surface area contributed by atoms with E-state index in [2.05, 4.69) is 13.8 Å². The molecule has 0 saturated heterocycles. The topological polar surface area (TPSA) is 78.9 Å². The molecule has 182 valence electrons. The summed E-state index contributed by atoms with van der Waals surface area (Å²) in [6.45, 7) is 9.48. The molecule has 0 radical (unpaired) electrons. The van der Waals surface area contributed by atoms with E-state index in [-0.39, 0.29) is 17.9 Å². The number of rotatable bonds is 18. The van der Waals surface area contributed by atoms with Crippen molar-refractivity contribution in [3.05, 3.63) is 12.2 Å². The normalized spacial score (nSPS) is 10.3. The summed E-state index contributed by atoms with van der Waals surface area (Å²) in [6, 6.07) is 0. The zero-order chi connectivity index (χ0) is 23.6. The molecule has 6 heteroatoms. The third kappa shape index (κ3) is 28.2. The van der Waals surface area contributed by atoms with E-state index in [1.54, 1.807) is 6.08 Å². The van der Waals surface area contributed by atoms with Crippen LogP contribution in [0.15, 0.2) is 12.2 Å². The lowest BCUT2D eigenvalue weighted by Crippen LogP contribution is -2.05. The first-order valence-corrected chi connectivity index (χ1v) is 12.1. The number of carbonyl (C=O) groups is 3. The van der Waals surface area contributed by atoms with Crippen molar-refractivity contribution in [2.45, 2.75) is 111 Å². The fourth-order valence-corrected chi connectivity index (χ4v) is 2.43. The zero-order valence-electron chi connectivity index (χ0n) is 20.4. The second kappa shape index (κ2) is 26.2. The molecule has 0 heterocycles. The molecular formula is C25H46O6. The molecule has 0 aliphatic heterocycles. The average molecular weight is 443 g/mol. The second-order valence-electron chi connectivity index (χ2n) is 7.40. The molecule has 0 aliphatic rings. The van der Waals surface area contributed by atoms with Gasteiger partial charge in [-0.1, -0.05) is 72.0 Å². The molecule has 0 fully saturated rings. The number of ether oxygens (including phenoxy) is 3. The second-order valence-corrected chi connectivity index (χ2v) is 7.40. The van der Waals surface area contributed by atoms with Crippen molar-refractivity contribution in [2.75, 3.05) is 19.8 Å². The number of hydrogen-bond acceptors (Lipinski definition) is 6. The molecule has 0 rings (SSSR count). The highest BCUT2D eigenvalue weighted by Crippen LogP contribution is 2.03. The molecule has 0 amide bonds. The van der Waals surface area contributed by atoms with Crippen LogP contribution in [-0.2, 0) is 28.6 Å². The predicted octanol–water partition coefficient (Wildman–Crippen LogP) is 6.31. The molecule has 0 bridgehead atoms. The number of carbonyl (C=O) groups excluding carboxylic acids is 3. The molecule has 0 unspecified atom stereocenters. The Balaban J connectivity index is 0. The maximum absolute atomic E-state index is 11.1. The maximum atomic E-state index is 11.1. The lowest BCUT2D eigenvalue weighted by Gasteiger charge is -2.03. The fraction of sp³-hybridized carbons (Fsp3) is 0.800. The molecule has 0 spiro atoms. The number of unbranched alkanes of at least 4 members (excludes halogenated alkanes) is 5. The Morgan fingerprint density at radius 1 is 0.548 bits per heavy atom. The lowest BCUT2D eigenvalue weighted by molar-refractivity contribution is -0.144. The first-order chi connectivity index (χ1) is 15.0. The van der Waals surface area contributed by atoms with Crippen molar-refractivity contribution in [3.8, 4) is 0 Å². The molecule has 0 atom stereocenters. The Morgan fingerprint density at radius 3 is 1.71 bits per heavy atom. The minimum Gasteiger partial charge on any atom is -0.466 e. The molecule has 0 aliphatic carbocycles. The van der Waals surface area contributed by atoms with Crippen LogP contribution in [0.25, 0.3) is 0 Å². The van der Waals surface area contributed by atoms with Gasteiger partial charge in [0.2, 0.25) is 0 Å². The molecule has 0 aromatic carbocycles. The highest BCUT2D eigenvalue weighted by atomic mass is 16.5. The van der Waals surface area contributed by atoms with Crippen LogP contribution in [-0.4, -0.2) is 37.7 Å². The van der Waals surface area contributed by atoms with Gasteiger partial charge >= 0.3 is 17.9 Å². The van der Waals surface area contributed by atoms with Gasteiger partial charge in [0.25, 0.3) is 0 Å². The van der Waals surface area contributed by atoms with Gasteiger partial charge in [0, 0.05) is 19.3 Å². The van der Waals surface area contributed by atoms with Gasteiger partial charge < -0.3 is 14.2 Å². The van der Waals surface area contributed by atoms with Gasteiger partial charge in [0.15, 0.2) is 0 Å². The Bertz CT molecular complexity index is 459. The monoisotopic (exact) mass is 442 g/mol. The number of hydrogen-bond donors (Lipinski definition) is 0. The van der Waals surface area contributed by atoms with E-state index < -0.39 is 0 Å². The van der Waals surface area contributed by atoms with E-state index in [4.69, 9.17) is 14.2 Å². The molecular weight excluding hydrogens is 396 g/mol. The molecule has 0 aromatic heterocycles. The van der Waals surface area contributed by atoms with E-state index in [9.17, 15) is 14.4 Å². The maximum Gasteiger partial charge on any atom is 0.306 e. The van der Waals surface area contributed by atoms with Gasteiger partial charge in [-0.15, -0.1) is 0 Å². The quantitative estimate of drug-likeness (QED) is 0.107. The van der Waals surface area contributed by atoms with Gasteiger partial charge in [-0.3, -0.25) is 14.4 Å². The van der Waals surface area contributed by atoms with Gasteiger partial charge in [-0.25, -0.2) is 0 Å². The summed E-state index contributed by atoms with van der Waals surface area (Å²) >= 11 is 0. The van der Waals surface area contributed by atoms with Crippen LogP contribution in [0.3, 0.4) is 0 Å². The predicted molar refractivity (Wildman–Crippen MR) is 125 cm³/mol. The zero-order valence-corrected chi connectivity index (χ0v) is 20.4. The highest BCUT2D eigenvalue weighted by Gasteiger charge is 2.01. The summed E-state index contributed by atoms with van der Waals surface area (Å²) in [7, 11) is 0. The highest BCUT2D eigenvalue weighted by molar-refractivity contribution is 5.69. The van der Waals surface area contributed by atoms with Crippen LogP contribution in [0, 0.1) is 0 Å². The summed E-state index contributed by atoms with van der Waals surface area (Å²) < 4.78 is 15.0. The van der Waals surface area contributed by atoms with Gasteiger partial charge in [-0.2, -0.15) is 0 Å². The molecule has 6 nitrogen and oxygen atoms in total.